The molecular formula is C19H27N4OS+. The molecule has 0 atom stereocenters. The Bertz CT molecular complexity index is 753. The number of nitrogens with zero attached hydrogens (tertiary/aromatic N) is 3. The first-order valence-corrected chi connectivity index (χ1v) is 8.89. The maximum absolute atomic E-state index is 7.95. The summed E-state index contributed by atoms with van der Waals surface area (Å²) in [7, 11) is 2.13. The topological polar surface area (TPSA) is 53.6 Å². The number of nitrogens with one attached hydrogen (secondary N) is 1. The van der Waals surface area contributed by atoms with Crippen LogP contribution in [0.3, 0.4) is 0 Å². The number of aryl methyl sites for hydroxylation is 2. The number of hydrogen-bond donors (Lipinski definition) is 1. The number of benzene rings is 1. The lowest BCUT2D eigenvalue weighted by molar-refractivity contribution is 0.357. The normalized spacial score (nSPS) is 11.8. The van der Waals surface area contributed by atoms with Crippen LogP contribution in [0.4, 0.5) is 0 Å². The molecule has 0 aliphatic heterocycles. The molecule has 0 bridgehead atoms. The SMILES string of the molecule is CCN(C)CCc1cc(C)c(O/C([SH2+])=N/C(=N)n2cccc2)cc1C. The van der Waals surface area contributed by atoms with Crippen LogP contribution in [0.5, 0.6) is 5.75 Å². The molecule has 0 radical (unpaired) electrons. The van der Waals surface area contributed by atoms with Gasteiger partial charge in [-0.2, -0.15) is 0 Å². The largest absolute Gasteiger partial charge is 0.416 e. The lowest BCUT2D eigenvalue weighted by atomic mass is 10.0. The molecule has 134 valence electrons. The highest BCUT2D eigenvalue weighted by atomic mass is 32.1. The van der Waals surface area contributed by atoms with E-state index < -0.39 is 0 Å². The van der Waals surface area contributed by atoms with Crippen LogP contribution in [0.25, 0.3) is 0 Å². The third kappa shape index (κ3) is 5.47. The van der Waals surface area contributed by atoms with Crippen molar-refractivity contribution in [1.82, 2.24) is 9.47 Å². The molecule has 5 nitrogen and oxygen atoms in total. The van der Waals surface area contributed by atoms with Gasteiger partial charge in [-0.1, -0.05) is 13.0 Å². The van der Waals surface area contributed by atoms with Crippen molar-refractivity contribution >= 4 is 23.8 Å². The summed E-state index contributed by atoms with van der Waals surface area (Å²) in [6, 6.07) is 7.90. The predicted octanol–water partition coefficient (Wildman–Crippen LogP) is 2.83. The molecule has 1 aromatic carbocycles. The lowest BCUT2D eigenvalue weighted by Gasteiger charge is -2.16. The van der Waals surface area contributed by atoms with Gasteiger partial charge < -0.3 is 9.64 Å². The summed E-state index contributed by atoms with van der Waals surface area (Å²) in [4.78, 5) is 6.43. The van der Waals surface area contributed by atoms with Gasteiger partial charge >= 0.3 is 5.23 Å². The van der Waals surface area contributed by atoms with E-state index in [9.17, 15) is 0 Å². The first-order valence-electron chi connectivity index (χ1n) is 8.39. The Kier molecular flexibility index (Phi) is 6.84. The van der Waals surface area contributed by atoms with Crippen LogP contribution < -0.4 is 4.74 Å². The van der Waals surface area contributed by atoms with E-state index in [0.29, 0.717) is 0 Å². The summed E-state index contributed by atoms with van der Waals surface area (Å²) in [6.07, 6.45) is 4.55. The second-order valence-corrected chi connectivity index (χ2v) is 6.55. The van der Waals surface area contributed by atoms with Crippen molar-refractivity contribution in [2.24, 2.45) is 4.99 Å². The minimum atomic E-state index is 0.0867. The van der Waals surface area contributed by atoms with E-state index in [4.69, 9.17) is 10.1 Å². The molecule has 2 aromatic rings. The first kappa shape index (κ1) is 19.3. The Hall–Kier alpha value is -2.05. The summed E-state index contributed by atoms with van der Waals surface area (Å²) in [5.41, 5.74) is 3.58. The molecule has 0 spiro atoms. The second-order valence-electron chi connectivity index (χ2n) is 6.12. The highest BCUT2D eigenvalue weighted by Crippen LogP contribution is 2.23. The van der Waals surface area contributed by atoms with Crippen molar-refractivity contribution in [3.8, 4) is 5.75 Å². The van der Waals surface area contributed by atoms with Gasteiger partial charge in [0.25, 0.3) is 0 Å². The van der Waals surface area contributed by atoms with Crippen LogP contribution >= 0.6 is 0 Å². The monoisotopic (exact) mass is 359 g/mol. The van der Waals surface area contributed by atoms with Crippen molar-refractivity contribution in [2.45, 2.75) is 27.2 Å². The van der Waals surface area contributed by atoms with Crippen LogP contribution in [0, 0.1) is 19.3 Å². The second kappa shape index (κ2) is 8.87. The number of hydrogen-bond acceptors (Lipinski definition) is 3. The van der Waals surface area contributed by atoms with E-state index in [1.165, 1.54) is 11.1 Å². The minimum absolute atomic E-state index is 0.0867. The van der Waals surface area contributed by atoms with Gasteiger partial charge in [0.05, 0.1) is 12.6 Å². The molecule has 1 heterocycles. The van der Waals surface area contributed by atoms with Crippen LogP contribution in [0.15, 0.2) is 41.7 Å². The van der Waals surface area contributed by atoms with E-state index in [1.807, 2.05) is 25.1 Å². The molecule has 0 amide bonds. The molecule has 25 heavy (non-hydrogen) atoms. The summed E-state index contributed by atoms with van der Waals surface area (Å²) in [5, 5.41) is 8.21. The number of likely N-dealkylation sites (N-methyl/N-ethyl adjacent to an activating group) is 1. The Balaban J connectivity index is 2.09. The zero-order valence-corrected chi connectivity index (χ0v) is 16.3. The van der Waals surface area contributed by atoms with Crippen LogP contribution in [-0.2, 0) is 19.0 Å². The highest BCUT2D eigenvalue weighted by Gasteiger charge is 2.11. The molecule has 0 saturated heterocycles. The van der Waals surface area contributed by atoms with E-state index in [0.717, 1.165) is 30.8 Å². The van der Waals surface area contributed by atoms with E-state index in [1.54, 1.807) is 17.0 Å². The molecule has 2 rings (SSSR count). The molecule has 0 aliphatic carbocycles. The fraction of sp³-hybridized carbons (Fsp3) is 0.368. The smallest absolute Gasteiger partial charge is 0.402 e. The Morgan fingerprint density at radius 1 is 1.24 bits per heavy atom. The zero-order valence-electron chi connectivity index (χ0n) is 15.3. The first-order chi connectivity index (χ1) is 11.9. The Morgan fingerprint density at radius 3 is 2.56 bits per heavy atom. The highest BCUT2D eigenvalue weighted by molar-refractivity contribution is 7.77. The van der Waals surface area contributed by atoms with Crippen LogP contribution in [0.2, 0.25) is 0 Å². The quantitative estimate of drug-likeness (QED) is 0.507. The van der Waals surface area contributed by atoms with Gasteiger partial charge in [0.1, 0.15) is 5.75 Å². The minimum Gasteiger partial charge on any atom is -0.402 e. The number of ether oxygens (including phenoxy) is 1. The zero-order chi connectivity index (χ0) is 18.4. The summed E-state index contributed by atoms with van der Waals surface area (Å²) in [6.45, 7) is 8.38. The van der Waals surface area contributed by atoms with Crippen molar-refractivity contribution in [3.63, 3.8) is 0 Å². The van der Waals surface area contributed by atoms with Gasteiger partial charge in [0.2, 0.25) is 5.96 Å². The third-order valence-electron chi connectivity index (χ3n) is 4.20. The van der Waals surface area contributed by atoms with Crippen molar-refractivity contribution in [2.75, 3.05) is 20.1 Å². The summed E-state index contributed by atoms with van der Waals surface area (Å²) < 4.78 is 7.40. The van der Waals surface area contributed by atoms with Gasteiger partial charge in [-0.05, 0) is 68.8 Å². The molecule has 0 saturated carbocycles. The predicted molar refractivity (Wildman–Crippen MR) is 109 cm³/mol. The summed E-state index contributed by atoms with van der Waals surface area (Å²) >= 11 is 3.36. The van der Waals surface area contributed by atoms with Crippen molar-refractivity contribution in [3.05, 3.63) is 53.3 Å². The lowest BCUT2D eigenvalue weighted by Crippen LogP contribution is -2.20. The molecule has 0 aliphatic rings. The Morgan fingerprint density at radius 2 is 1.92 bits per heavy atom. The average Bonchev–Trinajstić information content (AvgIpc) is 3.10. The molecule has 0 unspecified atom stereocenters. The number of rotatable bonds is 5. The molecule has 1 aromatic heterocycles. The van der Waals surface area contributed by atoms with Gasteiger partial charge in [-0.15, -0.1) is 4.99 Å². The summed E-state index contributed by atoms with van der Waals surface area (Å²) in [5.74, 6) is 0.836. The number of aliphatic imine (C=N–C) groups is 1. The van der Waals surface area contributed by atoms with Crippen LogP contribution in [-0.4, -0.2) is 40.8 Å². The molecule has 0 fully saturated rings. The van der Waals surface area contributed by atoms with E-state index >= 15 is 0 Å². The average molecular weight is 360 g/mol. The van der Waals surface area contributed by atoms with Crippen molar-refractivity contribution < 1.29 is 4.74 Å². The maximum Gasteiger partial charge on any atom is 0.416 e. The van der Waals surface area contributed by atoms with Crippen molar-refractivity contribution in [1.29, 1.82) is 5.41 Å². The van der Waals surface area contributed by atoms with Gasteiger partial charge in [-0.3, -0.25) is 9.98 Å². The number of aromatic nitrogens is 1. The standard InChI is InChI=1S/C19H26N4OS/c1-5-22(4)11-8-16-12-15(3)17(13-14(16)2)24-19(25)21-18(20)23-9-6-7-10-23/h6-7,9-10,12-13H,5,8,11H2,1-4H3,(H2,20,21,25)/p+1. The third-order valence-corrected chi connectivity index (χ3v) is 4.41. The van der Waals surface area contributed by atoms with Gasteiger partial charge in [-0.25, -0.2) is 0 Å². The molecule has 6 heteroatoms. The molecule has 1 N–H and O–H groups in total. The fourth-order valence-corrected chi connectivity index (χ4v) is 2.67. The maximum atomic E-state index is 7.95. The van der Waals surface area contributed by atoms with Crippen LogP contribution in [0.1, 0.15) is 23.6 Å². The van der Waals surface area contributed by atoms with Gasteiger partial charge in [0.15, 0.2) is 0 Å². The van der Waals surface area contributed by atoms with Gasteiger partial charge in [0, 0.05) is 18.9 Å². The Labute approximate surface area is 155 Å². The molecular weight excluding hydrogens is 332 g/mol. The van der Waals surface area contributed by atoms with E-state index in [-0.39, 0.29) is 11.2 Å². The fourth-order valence-electron chi connectivity index (χ4n) is 2.45. The van der Waals surface area contributed by atoms with E-state index in [2.05, 4.69) is 49.5 Å².